The lowest BCUT2D eigenvalue weighted by Gasteiger charge is -2.21. The molecular weight excluding hydrogens is 392 g/mol. The highest BCUT2D eigenvalue weighted by atomic mass is 35.5. The fraction of sp³-hybridized carbons (Fsp3) is 0.176. The summed E-state index contributed by atoms with van der Waals surface area (Å²) in [5.41, 5.74) is 1.16. The molecule has 4 nitrogen and oxygen atoms in total. The Labute approximate surface area is 156 Å². The first kappa shape index (κ1) is 18.5. The second-order valence-corrected chi connectivity index (χ2v) is 6.19. The molecule has 3 aromatic rings. The number of halogens is 5. The number of benzene rings is 2. The summed E-state index contributed by atoms with van der Waals surface area (Å²) in [4.78, 5) is 16.4. The van der Waals surface area contributed by atoms with E-state index in [0.717, 1.165) is 0 Å². The maximum absolute atomic E-state index is 12.7. The standard InChI is InChI=1S/C17H11Cl2F3N2O2/c1-2-24(16(25)17(20,21)22)10-4-6-14-13(8-10)23-15(26-14)11-7-9(18)3-5-12(11)19/h3-8H,2H2,1H3. The Kier molecular flexibility index (Phi) is 4.86. The molecule has 0 spiro atoms. The Morgan fingerprint density at radius 2 is 1.92 bits per heavy atom. The van der Waals surface area contributed by atoms with Gasteiger partial charge in [0.15, 0.2) is 5.58 Å². The molecule has 26 heavy (non-hydrogen) atoms. The van der Waals surface area contributed by atoms with Gasteiger partial charge in [-0.15, -0.1) is 0 Å². The van der Waals surface area contributed by atoms with Crippen molar-refractivity contribution in [3.05, 3.63) is 46.4 Å². The lowest BCUT2D eigenvalue weighted by Crippen LogP contribution is -2.41. The van der Waals surface area contributed by atoms with Gasteiger partial charge < -0.3 is 9.32 Å². The minimum Gasteiger partial charge on any atom is -0.436 e. The van der Waals surface area contributed by atoms with Gasteiger partial charge in [0.1, 0.15) is 5.52 Å². The summed E-state index contributed by atoms with van der Waals surface area (Å²) in [7, 11) is 0. The molecule has 0 aliphatic carbocycles. The van der Waals surface area contributed by atoms with Crippen LogP contribution < -0.4 is 4.90 Å². The summed E-state index contributed by atoms with van der Waals surface area (Å²) in [6, 6.07) is 8.93. The summed E-state index contributed by atoms with van der Waals surface area (Å²) in [5.74, 6) is -1.77. The first-order valence-corrected chi connectivity index (χ1v) is 8.21. The first-order chi connectivity index (χ1) is 12.2. The molecule has 1 amide bonds. The van der Waals surface area contributed by atoms with Crippen LogP contribution >= 0.6 is 23.2 Å². The molecule has 2 aromatic carbocycles. The molecule has 0 fully saturated rings. The lowest BCUT2D eigenvalue weighted by atomic mass is 10.2. The van der Waals surface area contributed by atoms with Gasteiger partial charge in [-0.1, -0.05) is 23.2 Å². The third-order valence-corrected chi connectivity index (χ3v) is 4.21. The average molecular weight is 403 g/mol. The van der Waals surface area contributed by atoms with Gasteiger partial charge in [-0.3, -0.25) is 4.79 Å². The van der Waals surface area contributed by atoms with Gasteiger partial charge in [0.05, 0.1) is 10.6 Å². The molecule has 0 bridgehead atoms. The zero-order chi connectivity index (χ0) is 19.1. The monoisotopic (exact) mass is 402 g/mol. The van der Waals surface area contributed by atoms with Crippen molar-refractivity contribution in [2.75, 3.05) is 11.4 Å². The summed E-state index contributed by atoms with van der Waals surface area (Å²) < 4.78 is 43.8. The number of anilines is 1. The van der Waals surface area contributed by atoms with E-state index in [0.29, 0.717) is 31.6 Å². The highest BCUT2D eigenvalue weighted by Gasteiger charge is 2.42. The fourth-order valence-electron chi connectivity index (χ4n) is 2.46. The van der Waals surface area contributed by atoms with Crippen molar-refractivity contribution in [3.63, 3.8) is 0 Å². The van der Waals surface area contributed by atoms with E-state index in [-0.39, 0.29) is 18.1 Å². The molecule has 0 saturated carbocycles. The third-order valence-electron chi connectivity index (χ3n) is 3.65. The minimum atomic E-state index is -4.96. The SMILES string of the molecule is CCN(C(=O)C(F)(F)F)c1ccc2oc(-c3cc(Cl)ccc3Cl)nc2c1. The predicted octanol–water partition coefficient (Wildman–Crippen LogP) is 5.72. The molecular formula is C17H11Cl2F3N2O2. The van der Waals surface area contributed by atoms with E-state index in [1.54, 1.807) is 18.2 Å². The van der Waals surface area contributed by atoms with Gasteiger partial charge >= 0.3 is 12.1 Å². The molecule has 0 radical (unpaired) electrons. The summed E-state index contributed by atoms with van der Waals surface area (Å²) in [6.07, 6.45) is -4.96. The smallest absolute Gasteiger partial charge is 0.436 e. The van der Waals surface area contributed by atoms with E-state index in [9.17, 15) is 18.0 Å². The normalized spacial score (nSPS) is 11.8. The van der Waals surface area contributed by atoms with Crippen LogP contribution in [0.5, 0.6) is 0 Å². The lowest BCUT2D eigenvalue weighted by molar-refractivity contribution is -0.170. The van der Waals surface area contributed by atoms with Gasteiger partial charge in [-0.25, -0.2) is 4.98 Å². The fourth-order valence-corrected chi connectivity index (χ4v) is 2.83. The summed E-state index contributed by atoms with van der Waals surface area (Å²) in [6.45, 7) is 1.31. The van der Waals surface area contributed by atoms with Crippen LogP contribution in [-0.2, 0) is 4.79 Å². The van der Waals surface area contributed by atoms with Gasteiger partial charge in [-0.05, 0) is 43.3 Å². The van der Waals surface area contributed by atoms with Gasteiger partial charge in [0.2, 0.25) is 5.89 Å². The maximum atomic E-state index is 12.7. The van der Waals surface area contributed by atoms with Crippen LogP contribution in [0.25, 0.3) is 22.6 Å². The van der Waals surface area contributed by atoms with Crippen molar-refractivity contribution in [1.29, 1.82) is 0 Å². The van der Waals surface area contributed by atoms with Crippen molar-refractivity contribution >= 4 is 45.9 Å². The zero-order valence-electron chi connectivity index (χ0n) is 13.3. The molecule has 0 N–H and O–H groups in total. The van der Waals surface area contributed by atoms with Crippen LogP contribution in [0.1, 0.15) is 6.92 Å². The molecule has 9 heteroatoms. The number of aromatic nitrogens is 1. The van der Waals surface area contributed by atoms with E-state index in [1.807, 2.05) is 0 Å². The van der Waals surface area contributed by atoms with Gasteiger partial charge in [-0.2, -0.15) is 13.2 Å². The number of alkyl halides is 3. The number of rotatable bonds is 3. The van der Waals surface area contributed by atoms with E-state index in [2.05, 4.69) is 4.98 Å². The van der Waals surface area contributed by atoms with Crippen molar-refractivity contribution in [2.24, 2.45) is 0 Å². The van der Waals surface area contributed by atoms with E-state index < -0.39 is 12.1 Å². The Bertz CT molecular complexity index is 986. The Morgan fingerprint density at radius 3 is 2.58 bits per heavy atom. The number of fused-ring (bicyclic) bond motifs is 1. The quantitative estimate of drug-likeness (QED) is 0.562. The maximum Gasteiger partial charge on any atom is 0.471 e. The van der Waals surface area contributed by atoms with Crippen molar-refractivity contribution in [2.45, 2.75) is 13.1 Å². The molecule has 0 unspecified atom stereocenters. The highest BCUT2D eigenvalue weighted by Crippen LogP contribution is 2.33. The number of hydrogen-bond acceptors (Lipinski definition) is 3. The molecule has 1 heterocycles. The van der Waals surface area contributed by atoms with Gasteiger partial charge in [0.25, 0.3) is 0 Å². The van der Waals surface area contributed by atoms with E-state index >= 15 is 0 Å². The van der Waals surface area contributed by atoms with Crippen molar-refractivity contribution in [1.82, 2.24) is 4.98 Å². The minimum absolute atomic E-state index is 0.0689. The Hall–Kier alpha value is -2.25. The number of carbonyl (C=O) groups is 1. The number of nitrogens with zero attached hydrogens (tertiary/aromatic N) is 2. The van der Waals surface area contributed by atoms with Crippen molar-refractivity contribution < 1.29 is 22.4 Å². The second-order valence-electron chi connectivity index (χ2n) is 5.34. The molecule has 1 aromatic heterocycles. The van der Waals surface area contributed by atoms with Crippen LogP contribution in [0, 0.1) is 0 Å². The first-order valence-electron chi connectivity index (χ1n) is 7.45. The number of hydrogen-bond donors (Lipinski definition) is 0. The molecule has 0 atom stereocenters. The van der Waals surface area contributed by atoms with E-state index in [1.165, 1.54) is 25.1 Å². The van der Waals surface area contributed by atoms with Gasteiger partial charge in [0, 0.05) is 17.3 Å². The molecule has 0 saturated heterocycles. The predicted molar refractivity (Wildman–Crippen MR) is 93.5 cm³/mol. The number of oxazole rings is 1. The second kappa shape index (κ2) is 6.81. The van der Waals surface area contributed by atoms with Crippen LogP contribution in [0.4, 0.5) is 18.9 Å². The topological polar surface area (TPSA) is 46.3 Å². The summed E-state index contributed by atoms with van der Waals surface area (Å²) >= 11 is 12.1. The average Bonchev–Trinajstić information content (AvgIpc) is 3.00. The van der Waals surface area contributed by atoms with Crippen LogP contribution in [0.15, 0.2) is 40.8 Å². The largest absolute Gasteiger partial charge is 0.471 e. The number of amides is 1. The van der Waals surface area contributed by atoms with Crippen LogP contribution in [-0.4, -0.2) is 23.6 Å². The molecule has 3 rings (SSSR count). The van der Waals surface area contributed by atoms with E-state index in [4.69, 9.17) is 27.6 Å². The Morgan fingerprint density at radius 1 is 1.19 bits per heavy atom. The highest BCUT2D eigenvalue weighted by molar-refractivity contribution is 6.35. The summed E-state index contributed by atoms with van der Waals surface area (Å²) in [5, 5.41) is 0.795. The zero-order valence-corrected chi connectivity index (χ0v) is 14.8. The van der Waals surface area contributed by atoms with Crippen LogP contribution in [0.3, 0.4) is 0 Å². The molecule has 0 aliphatic rings. The Balaban J connectivity index is 2.05. The van der Waals surface area contributed by atoms with Crippen LogP contribution in [0.2, 0.25) is 10.0 Å². The molecule has 136 valence electrons. The van der Waals surface area contributed by atoms with Crippen molar-refractivity contribution in [3.8, 4) is 11.5 Å². The molecule has 0 aliphatic heterocycles. The number of carbonyl (C=O) groups excluding carboxylic acids is 1. The third kappa shape index (κ3) is 3.50.